The molecule has 0 saturated heterocycles. The molecule has 0 saturated carbocycles. The minimum absolute atomic E-state index is 0.121. The van der Waals surface area contributed by atoms with Crippen LogP contribution in [0.4, 0.5) is 5.13 Å². The maximum Gasteiger partial charge on any atom is 0.358 e. The molecule has 0 spiro atoms. The summed E-state index contributed by atoms with van der Waals surface area (Å²) in [6.45, 7) is 7.82. The van der Waals surface area contributed by atoms with Gasteiger partial charge in [-0.05, 0) is 13.8 Å². The number of hydrogen-bond donors (Lipinski definition) is 1. The average Bonchev–Trinajstić information content (AvgIpc) is 2.62. The van der Waals surface area contributed by atoms with Gasteiger partial charge >= 0.3 is 5.97 Å². The van der Waals surface area contributed by atoms with Crippen molar-refractivity contribution in [1.29, 1.82) is 0 Å². The van der Waals surface area contributed by atoms with Crippen molar-refractivity contribution in [1.82, 2.24) is 4.98 Å². The first-order chi connectivity index (χ1) is 7.13. The third kappa shape index (κ3) is 3.71. The molecule has 0 aliphatic heterocycles. The third-order valence-corrected chi connectivity index (χ3v) is 2.25. The molecule has 0 aliphatic carbocycles. The predicted octanol–water partition coefficient (Wildman–Crippen LogP) is 2.31. The van der Waals surface area contributed by atoms with Gasteiger partial charge in [0.2, 0.25) is 0 Å². The lowest BCUT2D eigenvalue weighted by molar-refractivity contribution is 0.0372. The van der Waals surface area contributed by atoms with Gasteiger partial charge < -0.3 is 10.1 Å². The first kappa shape index (κ1) is 11.7. The van der Waals surface area contributed by atoms with Crippen LogP contribution >= 0.6 is 11.3 Å². The number of carbonyl (C=O) groups is 1. The molecule has 1 N–H and O–H groups in total. The standard InChI is InChI=1S/C10H14N2O2S/c1-4-5-11-10-12-8(6-15-10)9(13)14-7(2)3/h4,6-7H,1,5H2,2-3H3,(H,11,12). The quantitative estimate of drug-likeness (QED) is 0.618. The molecule has 0 aromatic carbocycles. The van der Waals surface area contributed by atoms with Gasteiger partial charge in [-0.1, -0.05) is 6.08 Å². The van der Waals surface area contributed by atoms with Crippen molar-refractivity contribution in [2.24, 2.45) is 0 Å². The minimum atomic E-state index is -0.382. The number of hydrogen-bond acceptors (Lipinski definition) is 5. The number of carbonyl (C=O) groups excluding carboxylic acids is 1. The highest BCUT2D eigenvalue weighted by Crippen LogP contribution is 2.16. The summed E-state index contributed by atoms with van der Waals surface area (Å²) in [6.07, 6.45) is 1.61. The monoisotopic (exact) mass is 226 g/mol. The molecule has 5 heteroatoms. The van der Waals surface area contributed by atoms with Crippen LogP contribution in [-0.4, -0.2) is 23.6 Å². The molecule has 0 radical (unpaired) electrons. The molecule has 0 unspecified atom stereocenters. The van der Waals surface area contributed by atoms with E-state index < -0.39 is 0 Å². The van der Waals surface area contributed by atoms with Crippen LogP contribution in [0.25, 0.3) is 0 Å². The van der Waals surface area contributed by atoms with Crippen molar-refractivity contribution in [3.05, 3.63) is 23.7 Å². The zero-order valence-electron chi connectivity index (χ0n) is 8.82. The van der Waals surface area contributed by atoms with Crippen molar-refractivity contribution >= 4 is 22.4 Å². The highest BCUT2D eigenvalue weighted by Gasteiger charge is 2.12. The molecular weight excluding hydrogens is 212 g/mol. The first-order valence-corrected chi connectivity index (χ1v) is 5.52. The summed E-state index contributed by atoms with van der Waals surface area (Å²) in [4.78, 5) is 15.5. The van der Waals surface area contributed by atoms with E-state index in [1.807, 2.05) is 0 Å². The Morgan fingerprint density at radius 2 is 2.53 bits per heavy atom. The molecule has 1 aromatic rings. The SMILES string of the molecule is C=CCNc1nc(C(=O)OC(C)C)cs1. The topological polar surface area (TPSA) is 51.2 Å². The molecule has 0 bridgehead atoms. The van der Waals surface area contributed by atoms with Gasteiger partial charge in [-0.3, -0.25) is 0 Å². The second-order valence-electron chi connectivity index (χ2n) is 3.16. The first-order valence-electron chi connectivity index (χ1n) is 4.64. The summed E-state index contributed by atoms with van der Waals surface area (Å²) in [7, 11) is 0. The van der Waals surface area contributed by atoms with E-state index in [0.29, 0.717) is 17.4 Å². The average molecular weight is 226 g/mol. The molecule has 82 valence electrons. The summed E-state index contributed by atoms with van der Waals surface area (Å²) in [5.41, 5.74) is 0.347. The van der Waals surface area contributed by atoms with Crippen LogP contribution in [0.3, 0.4) is 0 Å². The molecular formula is C10H14N2O2S. The van der Waals surface area contributed by atoms with Crippen molar-refractivity contribution in [2.75, 3.05) is 11.9 Å². The number of nitrogens with zero attached hydrogens (tertiary/aromatic N) is 1. The van der Waals surface area contributed by atoms with E-state index in [1.54, 1.807) is 25.3 Å². The second kappa shape index (κ2) is 5.50. The fourth-order valence-corrected chi connectivity index (χ4v) is 1.57. The van der Waals surface area contributed by atoms with Crippen LogP contribution < -0.4 is 5.32 Å². The van der Waals surface area contributed by atoms with Crippen molar-refractivity contribution in [3.63, 3.8) is 0 Å². The predicted molar refractivity (Wildman–Crippen MR) is 61.4 cm³/mol. The number of thiazole rings is 1. The number of esters is 1. The molecule has 1 heterocycles. The van der Waals surface area contributed by atoms with Crippen LogP contribution in [0.1, 0.15) is 24.3 Å². The van der Waals surface area contributed by atoms with E-state index in [2.05, 4.69) is 16.9 Å². The summed E-state index contributed by atoms with van der Waals surface area (Å²) in [5, 5.41) is 5.38. The summed E-state index contributed by atoms with van der Waals surface area (Å²) < 4.78 is 5.01. The Labute approximate surface area is 93.0 Å². The molecule has 4 nitrogen and oxygen atoms in total. The Morgan fingerprint density at radius 3 is 3.13 bits per heavy atom. The van der Waals surface area contributed by atoms with Crippen LogP contribution in [-0.2, 0) is 4.74 Å². The molecule has 0 aliphatic rings. The zero-order chi connectivity index (χ0) is 11.3. The zero-order valence-corrected chi connectivity index (χ0v) is 9.63. The van der Waals surface area contributed by atoms with Crippen LogP contribution in [0, 0.1) is 0 Å². The van der Waals surface area contributed by atoms with Gasteiger partial charge in [-0.2, -0.15) is 0 Å². The number of rotatable bonds is 5. The molecule has 15 heavy (non-hydrogen) atoms. The van der Waals surface area contributed by atoms with Gasteiger partial charge in [0, 0.05) is 11.9 Å². The maximum absolute atomic E-state index is 11.4. The lowest BCUT2D eigenvalue weighted by atomic mass is 10.4. The van der Waals surface area contributed by atoms with E-state index >= 15 is 0 Å². The largest absolute Gasteiger partial charge is 0.458 e. The number of ether oxygens (including phenoxy) is 1. The normalized spacial score (nSPS) is 10.1. The highest BCUT2D eigenvalue weighted by molar-refractivity contribution is 7.13. The summed E-state index contributed by atoms with van der Waals surface area (Å²) >= 11 is 1.37. The summed E-state index contributed by atoms with van der Waals surface area (Å²) in [5.74, 6) is -0.382. The van der Waals surface area contributed by atoms with Crippen LogP contribution in [0.15, 0.2) is 18.0 Å². The van der Waals surface area contributed by atoms with Crippen molar-refractivity contribution in [2.45, 2.75) is 20.0 Å². The Hall–Kier alpha value is -1.36. The fraction of sp³-hybridized carbons (Fsp3) is 0.400. The van der Waals surface area contributed by atoms with E-state index in [4.69, 9.17) is 4.74 Å². The van der Waals surface area contributed by atoms with Crippen LogP contribution in [0.5, 0.6) is 0 Å². The van der Waals surface area contributed by atoms with Gasteiger partial charge in [0.1, 0.15) is 0 Å². The highest BCUT2D eigenvalue weighted by atomic mass is 32.1. The third-order valence-electron chi connectivity index (χ3n) is 1.45. The Balaban J connectivity index is 2.58. The fourth-order valence-electron chi connectivity index (χ4n) is 0.883. The van der Waals surface area contributed by atoms with E-state index in [0.717, 1.165) is 0 Å². The van der Waals surface area contributed by atoms with Crippen LogP contribution in [0.2, 0.25) is 0 Å². The Kier molecular flexibility index (Phi) is 4.30. The number of nitrogens with one attached hydrogen (secondary N) is 1. The number of aromatic nitrogens is 1. The maximum atomic E-state index is 11.4. The van der Waals surface area contributed by atoms with Gasteiger partial charge in [-0.25, -0.2) is 9.78 Å². The van der Waals surface area contributed by atoms with Gasteiger partial charge in [0.25, 0.3) is 0 Å². The van der Waals surface area contributed by atoms with E-state index in [1.165, 1.54) is 11.3 Å². The molecule has 1 rings (SSSR count). The Bertz CT molecular complexity index is 347. The summed E-state index contributed by atoms with van der Waals surface area (Å²) in [6, 6.07) is 0. The van der Waals surface area contributed by atoms with Crippen molar-refractivity contribution in [3.8, 4) is 0 Å². The smallest absolute Gasteiger partial charge is 0.358 e. The lowest BCUT2D eigenvalue weighted by Crippen LogP contribution is -2.12. The Morgan fingerprint density at radius 1 is 1.80 bits per heavy atom. The second-order valence-corrected chi connectivity index (χ2v) is 4.02. The number of anilines is 1. The van der Waals surface area contributed by atoms with Gasteiger partial charge in [0.05, 0.1) is 6.10 Å². The van der Waals surface area contributed by atoms with Crippen molar-refractivity contribution < 1.29 is 9.53 Å². The van der Waals surface area contributed by atoms with Gasteiger partial charge in [-0.15, -0.1) is 17.9 Å². The molecule has 0 atom stereocenters. The minimum Gasteiger partial charge on any atom is -0.458 e. The van der Waals surface area contributed by atoms with E-state index in [-0.39, 0.29) is 12.1 Å². The lowest BCUT2D eigenvalue weighted by Gasteiger charge is -2.04. The molecule has 0 fully saturated rings. The van der Waals surface area contributed by atoms with E-state index in [9.17, 15) is 4.79 Å². The molecule has 0 amide bonds. The van der Waals surface area contributed by atoms with Gasteiger partial charge in [0.15, 0.2) is 10.8 Å². The molecule has 1 aromatic heterocycles.